The van der Waals surface area contributed by atoms with E-state index in [-0.39, 0.29) is 19.1 Å². The maximum absolute atomic E-state index is 11.8. The summed E-state index contributed by atoms with van der Waals surface area (Å²) in [6, 6.07) is 0. The SMILES string of the molecule is CC/C=C\C/C=C\C/C=C\C/C=C\C/C=C\C/C=C\CCC(=O)NCCOCCNC(=O)C=CC(=O)O. The Morgan fingerprint density at radius 3 is 1.59 bits per heavy atom. The molecule has 2 amide bonds. The summed E-state index contributed by atoms with van der Waals surface area (Å²) < 4.78 is 5.30. The van der Waals surface area contributed by atoms with Crippen LogP contribution in [0.2, 0.25) is 0 Å². The number of carboxylic acid groups (broad SMARTS) is 1. The van der Waals surface area contributed by atoms with Crippen molar-refractivity contribution in [2.75, 3.05) is 26.3 Å². The molecular formula is C30H44N2O5. The molecule has 7 nitrogen and oxygen atoms in total. The Kier molecular flexibility index (Phi) is 24.6. The van der Waals surface area contributed by atoms with Crippen LogP contribution in [0.5, 0.6) is 0 Å². The van der Waals surface area contributed by atoms with Gasteiger partial charge in [-0.25, -0.2) is 4.79 Å². The van der Waals surface area contributed by atoms with Gasteiger partial charge in [0.05, 0.1) is 13.2 Å². The molecule has 0 radical (unpaired) electrons. The molecule has 0 rings (SSSR count). The first-order valence-corrected chi connectivity index (χ1v) is 13.0. The molecule has 0 fully saturated rings. The maximum atomic E-state index is 11.8. The van der Waals surface area contributed by atoms with Gasteiger partial charge in [0.2, 0.25) is 11.8 Å². The molecule has 0 aromatic heterocycles. The second-order valence-corrected chi connectivity index (χ2v) is 7.88. The van der Waals surface area contributed by atoms with Crippen molar-refractivity contribution in [1.29, 1.82) is 0 Å². The first-order chi connectivity index (χ1) is 18.1. The van der Waals surface area contributed by atoms with E-state index in [1.807, 2.05) is 6.08 Å². The number of carboxylic acids is 1. The van der Waals surface area contributed by atoms with E-state index in [4.69, 9.17) is 9.84 Å². The molecule has 37 heavy (non-hydrogen) atoms. The Bertz CT molecular complexity index is 820. The average Bonchev–Trinajstić information content (AvgIpc) is 2.88. The minimum Gasteiger partial charge on any atom is -0.478 e. The van der Waals surface area contributed by atoms with Crippen molar-refractivity contribution < 1.29 is 24.2 Å². The fourth-order valence-corrected chi connectivity index (χ4v) is 2.76. The molecular weight excluding hydrogens is 468 g/mol. The topological polar surface area (TPSA) is 105 Å². The van der Waals surface area contributed by atoms with Crippen molar-refractivity contribution in [3.8, 4) is 0 Å². The van der Waals surface area contributed by atoms with Crippen LogP contribution in [0.1, 0.15) is 58.3 Å². The third-order valence-electron chi connectivity index (χ3n) is 4.63. The number of carbonyl (C=O) groups is 3. The Morgan fingerprint density at radius 2 is 1.11 bits per heavy atom. The van der Waals surface area contributed by atoms with E-state index < -0.39 is 11.9 Å². The van der Waals surface area contributed by atoms with Crippen molar-refractivity contribution in [2.24, 2.45) is 0 Å². The molecule has 204 valence electrons. The van der Waals surface area contributed by atoms with Crippen molar-refractivity contribution in [2.45, 2.75) is 58.3 Å². The second-order valence-electron chi connectivity index (χ2n) is 7.88. The number of amides is 2. The smallest absolute Gasteiger partial charge is 0.328 e. The quantitative estimate of drug-likeness (QED) is 0.103. The largest absolute Gasteiger partial charge is 0.478 e. The van der Waals surface area contributed by atoms with Crippen LogP contribution in [-0.2, 0) is 19.1 Å². The molecule has 0 atom stereocenters. The van der Waals surface area contributed by atoms with Crippen LogP contribution in [0.3, 0.4) is 0 Å². The fourth-order valence-electron chi connectivity index (χ4n) is 2.76. The van der Waals surface area contributed by atoms with E-state index in [0.29, 0.717) is 26.0 Å². The first kappa shape index (κ1) is 33.5. The number of hydrogen-bond donors (Lipinski definition) is 3. The molecule has 0 bridgehead atoms. The van der Waals surface area contributed by atoms with E-state index in [0.717, 1.165) is 50.7 Å². The van der Waals surface area contributed by atoms with Crippen LogP contribution >= 0.6 is 0 Å². The predicted molar refractivity (Wildman–Crippen MR) is 151 cm³/mol. The summed E-state index contributed by atoms with van der Waals surface area (Å²) in [6.07, 6.45) is 34.5. The Morgan fingerprint density at radius 1 is 0.649 bits per heavy atom. The monoisotopic (exact) mass is 512 g/mol. The van der Waals surface area contributed by atoms with E-state index in [9.17, 15) is 14.4 Å². The zero-order valence-corrected chi connectivity index (χ0v) is 22.1. The lowest BCUT2D eigenvalue weighted by atomic mass is 10.2. The van der Waals surface area contributed by atoms with Gasteiger partial charge in [0.15, 0.2) is 0 Å². The summed E-state index contributed by atoms with van der Waals surface area (Å²) in [4.78, 5) is 33.3. The van der Waals surface area contributed by atoms with Crippen molar-refractivity contribution in [3.63, 3.8) is 0 Å². The third-order valence-corrected chi connectivity index (χ3v) is 4.63. The van der Waals surface area contributed by atoms with Crippen LogP contribution in [0, 0.1) is 0 Å². The highest BCUT2D eigenvalue weighted by atomic mass is 16.5. The standard InChI is InChI=1S/C30H44N2O5/c1-2-3-4-5-6-7-8-9-10-11-12-13-14-15-16-17-18-19-20-21-28(33)31-24-26-37-27-25-32-29(34)22-23-30(35)36/h3-4,6-7,9-10,12-13,15-16,18-19,22-23H,2,5,8,11,14,17,20-21,24-27H2,1H3,(H,31,33)(H,32,34)(H,35,36)/b4-3-,7-6-,10-9-,13-12-,16-15-,19-18-,23-22?. The lowest BCUT2D eigenvalue weighted by Crippen LogP contribution is -2.29. The van der Waals surface area contributed by atoms with Gasteiger partial charge in [0.25, 0.3) is 0 Å². The zero-order valence-electron chi connectivity index (χ0n) is 22.1. The maximum Gasteiger partial charge on any atom is 0.328 e. The van der Waals surface area contributed by atoms with Gasteiger partial charge in [0, 0.05) is 31.7 Å². The highest BCUT2D eigenvalue weighted by Crippen LogP contribution is 1.97. The lowest BCUT2D eigenvalue weighted by Gasteiger charge is -2.06. The van der Waals surface area contributed by atoms with Crippen molar-refractivity contribution >= 4 is 17.8 Å². The minimum absolute atomic E-state index is 0.0322. The van der Waals surface area contributed by atoms with Gasteiger partial charge in [0.1, 0.15) is 0 Å². The highest BCUT2D eigenvalue weighted by Gasteiger charge is 1.99. The molecule has 0 aromatic carbocycles. The normalized spacial score (nSPS) is 12.5. The number of nitrogens with one attached hydrogen (secondary N) is 2. The molecule has 3 N–H and O–H groups in total. The van der Waals surface area contributed by atoms with E-state index in [1.54, 1.807) is 0 Å². The van der Waals surface area contributed by atoms with Crippen LogP contribution in [0.25, 0.3) is 0 Å². The molecule has 0 heterocycles. The van der Waals surface area contributed by atoms with E-state index >= 15 is 0 Å². The van der Waals surface area contributed by atoms with Gasteiger partial charge in [-0.3, -0.25) is 9.59 Å². The van der Waals surface area contributed by atoms with Gasteiger partial charge >= 0.3 is 5.97 Å². The predicted octanol–water partition coefficient (Wildman–Crippen LogP) is 5.35. The van der Waals surface area contributed by atoms with Gasteiger partial charge in [-0.15, -0.1) is 0 Å². The minimum atomic E-state index is -1.18. The summed E-state index contributed by atoms with van der Waals surface area (Å²) >= 11 is 0. The summed E-state index contributed by atoms with van der Waals surface area (Å²) in [5.41, 5.74) is 0. The Balaban J connectivity index is 3.58. The molecule has 0 aliphatic rings. The molecule has 0 unspecified atom stereocenters. The molecule has 0 aliphatic carbocycles. The fraction of sp³-hybridized carbons (Fsp3) is 0.433. The van der Waals surface area contributed by atoms with Gasteiger partial charge in [-0.2, -0.15) is 0 Å². The summed E-state index contributed by atoms with van der Waals surface area (Å²) in [7, 11) is 0. The van der Waals surface area contributed by atoms with Crippen LogP contribution in [0.4, 0.5) is 0 Å². The van der Waals surface area contributed by atoms with Crippen molar-refractivity contribution in [3.05, 3.63) is 85.1 Å². The van der Waals surface area contributed by atoms with Crippen LogP contribution < -0.4 is 10.6 Å². The average molecular weight is 513 g/mol. The Hall–Kier alpha value is -3.45. The second kappa shape index (κ2) is 27.1. The van der Waals surface area contributed by atoms with E-state index in [2.05, 4.69) is 84.4 Å². The molecule has 0 spiro atoms. The number of carbonyl (C=O) groups excluding carboxylic acids is 2. The van der Waals surface area contributed by atoms with Gasteiger partial charge in [-0.1, -0.05) is 79.8 Å². The highest BCUT2D eigenvalue weighted by molar-refractivity contribution is 5.93. The van der Waals surface area contributed by atoms with E-state index in [1.165, 1.54) is 0 Å². The summed E-state index contributed by atoms with van der Waals surface area (Å²) in [5, 5.41) is 13.7. The third kappa shape index (κ3) is 28.7. The first-order valence-electron chi connectivity index (χ1n) is 13.0. The van der Waals surface area contributed by atoms with Crippen LogP contribution in [-0.4, -0.2) is 49.2 Å². The number of aliphatic carboxylic acids is 1. The zero-order chi connectivity index (χ0) is 27.2. The Labute approximate surface area is 222 Å². The molecule has 0 aromatic rings. The van der Waals surface area contributed by atoms with Gasteiger partial charge < -0.3 is 20.5 Å². The molecule has 0 saturated heterocycles. The summed E-state index contributed by atoms with van der Waals surface area (Å²) in [6.45, 7) is 3.42. The molecule has 0 aliphatic heterocycles. The number of ether oxygens (including phenoxy) is 1. The lowest BCUT2D eigenvalue weighted by molar-refractivity contribution is -0.131. The van der Waals surface area contributed by atoms with Crippen LogP contribution in [0.15, 0.2) is 85.1 Å². The number of rotatable bonds is 22. The van der Waals surface area contributed by atoms with Gasteiger partial charge in [-0.05, 0) is 44.9 Å². The molecule has 7 heteroatoms. The summed E-state index contributed by atoms with van der Waals surface area (Å²) in [5.74, 6) is -1.70. The number of hydrogen-bond acceptors (Lipinski definition) is 4. The van der Waals surface area contributed by atoms with Crippen molar-refractivity contribution in [1.82, 2.24) is 10.6 Å². The molecule has 0 saturated carbocycles. The number of allylic oxidation sites excluding steroid dienone is 12.